The zero-order valence-corrected chi connectivity index (χ0v) is 15.0. The van der Waals surface area contributed by atoms with Crippen LogP contribution in [0, 0.1) is 6.92 Å². The number of amides is 1. The molecule has 0 aliphatic carbocycles. The minimum absolute atomic E-state index is 0.0486. The Kier molecular flexibility index (Phi) is 6.72. The van der Waals surface area contributed by atoms with Crippen LogP contribution in [0.1, 0.15) is 42.1 Å². The predicted octanol–water partition coefficient (Wildman–Crippen LogP) is 4.67. The second kappa shape index (κ2) is 8.78. The average molecular weight is 327 g/mol. The van der Waals surface area contributed by atoms with Crippen LogP contribution >= 0.6 is 11.8 Å². The number of thioether (sulfide) groups is 1. The fourth-order valence-corrected chi connectivity index (χ4v) is 3.35. The van der Waals surface area contributed by atoms with E-state index in [9.17, 15) is 4.79 Å². The molecule has 0 bridgehead atoms. The second-order valence-electron chi connectivity index (χ2n) is 5.80. The van der Waals surface area contributed by atoms with Crippen LogP contribution < -0.4 is 5.32 Å². The summed E-state index contributed by atoms with van der Waals surface area (Å²) < 4.78 is 0. The largest absolute Gasteiger partial charge is 0.349 e. The lowest BCUT2D eigenvalue weighted by Gasteiger charge is -2.15. The van der Waals surface area contributed by atoms with Gasteiger partial charge in [0.2, 0.25) is 5.91 Å². The van der Waals surface area contributed by atoms with E-state index in [1.807, 2.05) is 19.1 Å². The van der Waals surface area contributed by atoms with Gasteiger partial charge < -0.3 is 5.32 Å². The van der Waals surface area contributed by atoms with E-state index in [2.05, 4.69) is 55.6 Å². The Morgan fingerprint density at radius 3 is 2.48 bits per heavy atom. The van der Waals surface area contributed by atoms with Crippen LogP contribution in [0.15, 0.2) is 48.5 Å². The van der Waals surface area contributed by atoms with Gasteiger partial charge in [-0.2, -0.15) is 0 Å². The van der Waals surface area contributed by atoms with E-state index < -0.39 is 0 Å². The number of carbonyl (C=O) groups excluding carboxylic acids is 1. The molecule has 1 atom stereocenters. The zero-order valence-electron chi connectivity index (χ0n) is 14.1. The van der Waals surface area contributed by atoms with Gasteiger partial charge in [0.25, 0.3) is 0 Å². The number of nitrogens with one attached hydrogen (secondary N) is 1. The molecule has 0 saturated heterocycles. The van der Waals surface area contributed by atoms with Gasteiger partial charge in [0.05, 0.1) is 11.8 Å². The van der Waals surface area contributed by atoms with Crippen molar-refractivity contribution < 1.29 is 4.79 Å². The predicted molar refractivity (Wildman–Crippen MR) is 99.7 cm³/mol. The lowest BCUT2D eigenvalue weighted by Crippen LogP contribution is -2.28. The smallest absolute Gasteiger partial charge is 0.230 e. The van der Waals surface area contributed by atoms with Crippen LogP contribution in [-0.2, 0) is 17.0 Å². The Balaban J connectivity index is 1.78. The van der Waals surface area contributed by atoms with Crippen LogP contribution in [0.5, 0.6) is 0 Å². The second-order valence-corrected chi connectivity index (χ2v) is 6.79. The molecule has 0 aromatic heterocycles. The van der Waals surface area contributed by atoms with Gasteiger partial charge in [0.15, 0.2) is 0 Å². The Bertz CT molecular complexity index is 636. The Labute approximate surface area is 143 Å². The number of benzene rings is 2. The number of hydrogen-bond acceptors (Lipinski definition) is 2. The summed E-state index contributed by atoms with van der Waals surface area (Å²) >= 11 is 1.66. The third kappa shape index (κ3) is 5.43. The highest BCUT2D eigenvalue weighted by atomic mass is 32.2. The highest BCUT2D eigenvalue weighted by Gasteiger charge is 2.09. The van der Waals surface area contributed by atoms with E-state index in [1.54, 1.807) is 11.8 Å². The standard InChI is InChI=1S/C20H25NOS/c1-4-17-9-11-18(12-10-17)16(3)21-20(22)14-23-13-19-8-6-5-7-15(19)2/h5-12,16H,4,13-14H2,1-3H3,(H,21,22). The van der Waals surface area contributed by atoms with Crippen molar-refractivity contribution in [3.8, 4) is 0 Å². The van der Waals surface area contributed by atoms with E-state index in [0.717, 1.165) is 17.7 Å². The van der Waals surface area contributed by atoms with Gasteiger partial charge in [0.1, 0.15) is 0 Å². The molecule has 2 aromatic carbocycles. The van der Waals surface area contributed by atoms with E-state index >= 15 is 0 Å². The molecule has 1 N–H and O–H groups in total. The third-order valence-corrected chi connectivity index (χ3v) is 5.00. The van der Waals surface area contributed by atoms with Gasteiger partial charge in [-0.25, -0.2) is 0 Å². The van der Waals surface area contributed by atoms with Gasteiger partial charge in [-0.05, 0) is 42.5 Å². The van der Waals surface area contributed by atoms with Crippen LogP contribution in [0.2, 0.25) is 0 Å². The maximum absolute atomic E-state index is 12.1. The Morgan fingerprint density at radius 1 is 1.13 bits per heavy atom. The lowest BCUT2D eigenvalue weighted by atomic mass is 10.1. The lowest BCUT2D eigenvalue weighted by molar-refractivity contribution is -0.119. The molecule has 2 rings (SSSR count). The molecule has 0 fully saturated rings. The van der Waals surface area contributed by atoms with Crippen LogP contribution in [-0.4, -0.2) is 11.7 Å². The number of carbonyl (C=O) groups is 1. The van der Waals surface area contributed by atoms with E-state index in [4.69, 9.17) is 0 Å². The summed E-state index contributed by atoms with van der Waals surface area (Å²) in [4.78, 5) is 12.1. The fraction of sp³-hybridized carbons (Fsp3) is 0.350. The minimum atomic E-state index is 0.0486. The van der Waals surface area contributed by atoms with Crippen molar-refractivity contribution in [3.05, 3.63) is 70.8 Å². The molecule has 2 nitrogen and oxygen atoms in total. The van der Waals surface area contributed by atoms with Crippen molar-refractivity contribution in [3.63, 3.8) is 0 Å². The first-order valence-corrected chi connectivity index (χ1v) is 9.26. The molecule has 23 heavy (non-hydrogen) atoms. The summed E-state index contributed by atoms with van der Waals surface area (Å²) in [5.74, 6) is 1.46. The molecular weight excluding hydrogens is 302 g/mol. The number of hydrogen-bond donors (Lipinski definition) is 1. The molecule has 0 aliphatic rings. The molecule has 0 aliphatic heterocycles. The monoisotopic (exact) mass is 327 g/mol. The fourth-order valence-electron chi connectivity index (χ4n) is 2.43. The van der Waals surface area contributed by atoms with Gasteiger partial charge in [-0.15, -0.1) is 11.8 Å². The summed E-state index contributed by atoms with van der Waals surface area (Å²) in [5, 5.41) is 3.07. The van der Waals surface area contributed by atoms with Crippen molar-refractivity contribution in [2.45, 2.75) is 39.0 Å². The zero-order chi connectivity index (χ0) is 16.7. The molecule has 1 unspecified atom stereocenters. The Hall–Kier alpha value is -1.74. The summed E-state index contributed by atoms with van der Waals surface area (Å²) in [6, 6.07) is 16.8. The molecule has 0 spiro atoms. The topological polar surface area (TPSA) is 29.1 Å². The number of rotatable bonds is 7. The average Bonchev–Trinajstić information content (AvgIpc) is 2.56. The van der Waals surface area contributed by atoms with E-state index in [-0.39, 0.29) is 11.9 Å². The molecule has 3 heteroatoms. The van der Waals surface area contributed by atoms with Crippen LogP contribution in [0.3, 0.4) is 0 Å². The summed E-state index contributed by atoms with van der Waals surface area (Å²) in [6.45, 7) is 6.29. The molecular formula is C20H25NOS. The summed E-state index contributed by atoms with van der Waals surface area (Å²) in [6.07, 6.45) is 1.04. The first-order valence-electron chi connectivity index (χ1n) is 8.10. The van der Waals surface area contributed by atoms with Crippen LogP contribution in [0.4, 0.5) is 0 Å². The highest BCUT2D eigenvalue weighted by molar-refractivity contribution is 7.99. The maximum atomic E-state index is 12.1. The molecule has 0 heterocycles. The first-order chi connectivity index (χ1) is 11.1. The SMILES string of the molecule is CCc1ccc(C(C)NC(=O)CSCc2ccccc2C)cc1. The third-order valence-electron chi connectivity index (χ3n) is 4.02. The van der Waals surface area contributed by atoms with Crippen molar-refractivity contribution in [2.24, 2.45) is 0 Å². The van der Waals surface area contributed by atoms with Crippen molar-refractivity contribution in [2.75, 3.05) is 5.75 Å². The van der Waals surface area contributed by atoms with E-state index in [0.29, 0.717) is 5.75 Å². The molecule has 0 radical (unpaired) electrons. The quantitative estimate of drug-likeness (QED) is 0.801. The first kappa shape index (κ1) is 17.6. The van der Waals surface area contributed by atoms with Gasteiger partial charge in [0, 0.05) is 5.75 Å². The van der Waals surface area contributed by atoms with Gasteiger partial charge in [-0.3, -0.25) is 4.79 Å². The maximum Gasteiger partial charge on any atom is 0.230 e. The molecule has 1 amide bonds. The molecule has 2 aromatic rings. The highest BCUT2D eigenvalue weighted by Crippen LogP contribution is 2.17. The van der Waals surface area contributed by atoms with Crippen LogP contribution in [0.25, 0.3) is 0 Å². The summed E-state index contributed by atoms with van der Waals surface area (Å²) in [7, 11) is 0. The molecule has 0 saturated carbocycles. The van der Waals surface area contributed by atoms with Crippen molar-refractivity contribution in [1.82, 2.24) is 5.32 Å². The Morgan fingerprint density at radius 2 is 1.83 bits per heavy atom. The normalized spacial score (nSPS) is 12.0. The molecule has 122 valence electrons. The summed E-state index contributed by atoms with van der Waals surface area (Å²) in [5.41, 5.74) is 5.05. The number of aryl methyl sites for hydroxylation is 2. The van der Waals surface area contributed by atoms with E-state index in [1.165, 1.54) is 16.7 Å². The minimum Gasteiger partial charge on any atom is -0.349 e. The van der Waals surface area contributed by atoms with Gasteiger partial charge >= 0.3 is 0 Å². The van der Waals surface area contributed by atoms with Crippen molar-refractivity contribution >= 4 is 17.7 Å². The van der Waals surface area contributed by atoms with Crippen molar-refractivity contribution in [1.29, 1.82) is 0 Å². The van der Waals surface area contributed by atoms with Gasteiger partial charge in [-0.1, -0.05) is 55.5 Å².